The first-order valence-corrected chi connectivity index (χ1v) is 8.99. The van der Waals surface area contributed by atoms with Crippen LogP contribution in [0.3, 0.4) is 0 Å². The van der Waals surface area contributed by atoms with Crippen molar-refractivity contribution in [3.05, 3.63) is 28.7 Å². The van der Waals surface area contributed by atoms with Crippen LogP contribution in [-0.4, -0.2) is 22.1 Å². The first kappa shape index (κ1) is 15.7. The fourth-order valence-electron chi connectivity index (χ4n) is 2.46. The number of benzene rings is 1. The molecule has 2 unspecified atom stereocenters. The third-order valence-electron chi connectivity index (χ3n) is 3.58. The summed E-state index contributed by atoms with van der Waals surface area (Å²) >= 11 is 9.19. The van der Waals surface area contributed by atoms with Crippen LogP contribution in [-0.2, 0) is 4.79 Å². The highest BCUT2D eigenvalue weighted by atomic mass is 35.5. The first-order chi connectivity index (χ1) is 10.6. The van der Waals surface area contributed by atoms with E-state index in [9.17, 15) is 4.79 Å². The van der Waals surface area contributed by atoms with Gasteiger partial charge in [0.2, 0.25) is 5.91 Å². The van der Waals surface area contributed by atoms with Crippen LogP contribution in [0.15, 0.2) is 32.9 Å². The number of halogens is 1. The average molecular weight is 355 g/mol. The molecule has 1 saturated carbocycles. The number of carbonyl (C=O) groups is 1. The summed E-state index contributed by atoms with van der Waals surface area (Å²) in [5, 5.41) is 11.3. The predicted molar refractivity (Wildman–Crippen MR) is 89.4 cm³/mol. The summed E-state index contributed by atoms with van der Waals surface area (Å²) in [6, 6.07) is 5.63. The lowest BCUT2D eigenvalue weighted by molar-refractivity contribution is -0.119. The second-order valence-corrected chi connectivity index (χ2v) is 7.74. The van der Waals surface area contributed by atoms with Crippen LogP contribution in [0.4, 0.5) is 5.69 Å². The van der Waals surface area contributed by atoms with E-state index in [2.05, 4.69) is 15.5 Å². The van der Waals surface area contributed by atoms with E-state index in [1.165, 1.54) is 23.1 Å². The lowest BCUT2D eigenvalue weighted by Gasteiger charge is -2.12. The number of hydrogen-bond acceptors (Lipinski definition) is 6. The van der Waals surface area contributed by atoms with Gasteiger partial charge in [0.25, 0.3) is 0 Å². The summed E-state index contributed by atoms with van der Waals surface area (Å²) in [4.78, 5) is 13.1. The standard InChI is InChI=1S/C14H15ClN4OS2/c15-11-6-10(18-13(20)8-1-2-9(16)5-8)3-4-12(11)22-14-19-17-7-21-14/h3-4,6-9H,1-2,5,16H2,(H,18,20). The van der Waals surface area contributed by atoms with Crippen LogP contribution in [0.2, 0.25) is 5.02 Å². The molecule has 1 aromatic heterocycles. The zero-order chi connectivity index (χ0) is 15.5. The van der Waals surface area contributed by atoms with Crippen LogP contribution in [0, 0.1) is 5.92 Å². The van der Waals surface area contributed by atoms with E-state index in [0.29, 0.717) is 10.7 Å². The Labute approximate surface area is 141 Å². The Kier molecular flexibility index (Phi) is 4.97. The van der Waals surface area contributed by atoms with E-state index in [1.54, 1.807) is 11.6 Å². The number of nitrogens with one attached hydrogen (secondary N) is 1. The predicted octanol–water partition coefficient (Wildman–Crippen LogP) is 3.41. The number of carbonyl (C=O) groups excluding carboxylic acids is 1. The average Bonchev–Trinajstić information content (AvgIpc) is 3.13. The number of nitrogens with two attached hydrogens (primary N) is 1. The van der Waals surface area contributed by atoms with E-state index in [1.807, 2.05) is 12.1 Å². The molecule has 3 rings (SSSR count). The van der Waals surface area contributed by atoms with Gasteiger partial charge in [-0.05, 0) is 37.5 Å². The Hall–Kier alpha value is -1.15. The van der Waals surface area contributed by atoms with E-state index < -0.39 is 0 Å². The largest absolute Gasteiger partial charge is 0.328 e. The molecule has 0 aliphatic heterocycles. The molecule has 116 valence electrons. The Morgan fingerprint density at radius 2 is 2.32 bits per heavy atom. The van der Waals surface area contributed by atoms with Crippen molar-refractivity contribution in [1.29, 1.82) is 0 Å². The van der Waals surface area contributed by atoms with Gasteiger partial charge >= 0.3 is 0 Å². The highest BCUT2D eigenvalue weighted by molar-refractivity contribution is 8.01. The van der Waals surface area contributed by atoms with Crippen molar-refractivity contribution in [2.75, 3.05) is 5.32 Å². The first-order valence-electron chi connectivity index (χ1n) is 6.92. The Bertz CT molecular complexity index is 665. The number of nitrogens with zero attached hydrogens (tertiary/aromatic N) is 2. The van der Waals surface area contributed by atoms with E-state index in [4.69, 9.17) is 17.3 Å². The zero-order valence-corrected chi connectivity index (χ0v) is 14.0. The molecule has 1 aliphatic carbocycles. The molecule has 0 saturated heterocycles. The Morgan fingerprint density at radius 1 is 1.45 bits per heavy atom. The second kappa shape index (κ2) is 6.95. The van der Waals surface area contributed by atoms with Crippen molar-refractivity contribution in [3.63, 3.8) is 0 Å². The van der Waals surface area contributed by atoms with Crippen LogP contribution >= 0.6 is 34.7 Å². The van der Waals surface area contributed by atoms with Crippen molar-refractivity contribution in [1.82, 2.24) is 10.2 Å². The van der Waals surface area contributed by atoms with Gasteiger partial charge in [-0.2, -0.15) is 0 Å². The molecule has 1 aliphatic rings. The number of rotatable bonds is 4. The maximum Gasteiger partial charge on any atom is 0.227 e. The van der Waals surface area contributed by atoms with Gasteiger partial charge in [-0.1, -0.05) is 34.7 Å². The lowest BCUT2D eigenvalue weighted by atomic mass is 10.1. The van der Waals surface area contributed by atoms with Gasteiger partial charge in [0.05, 0.1) is 5.02 Å². The molecule has 1 amide bonds. The Morgan fingerprint density at radius 3 is 2.95 bits per heavy atom. The molecule has 3 N–H and O–H groups in total. The molecule has 0 spiro atoms. The van der Waals surface area contributed by atoms with Gasteiger partial charge in [-0.3, -0.25) is 4.79 Å². The zero-order valence-electron chi connectivity index (χ0n) is 11.7. The quantitative estimate of drug-likeness (QED) is 0.879. The highest BCUT2D eigenvalue weighted by Gasteiger charge is 2.27. The van der Waals surface area contributed by atoms with Gasteiger partial charge < -0.3 is 11.1 Å². The molecular weight excluding hydrogens is 340 g/mol. The van der Waals surface area contributed by atoms with Gasteiger partial charge in [-0.25, -0.2) is 0 Å². The molecule has 0 radical (unpaired) electrons. The molecule has 22 heavy (non-hydrogen) atoms. The third kappa shape index (κ3) is 3.78. The molecule has 1 fully saturated rings. The summed E-state index contributed by atoms with van der Waals surface area (Å²) in [5.74, 6) is 0.0257. The van der Waals surface area contributed by atoms with E-state index >= 15 is 0 Å². The minimum atomic E-state index is 0.00391. The van der Waals surface area contributed by atoms with Crippen LogP contribution < -0.4 is 11.1 Å². The Balaban J connectivity index is 1.65. The summed E-state index contributed by atoms with van der Waals surface area (Å²) in [5.41, 5.74) is 8.23. The van der Waals surface area contributed by atoms with Gasteiger partial charge in [0.1, 0.15) is 5.51 Å². The van der Waals surface area contributed by atoms with E-state index in [-0.39, 0.29) is 17.9 Å². The minimum absolute atomic E-state index is 0.00391. The second-order valence-electron chi connectivity index (χ2n) is 5.21. The minimum Gasteiger partial charge on any atom is -0.328 e. The molecule has 2 atom stereocenters. The van der Waals surface area contributed by atoms with Crippen molar-refractivity contribution in [3.8, 4) is 0 Å². The van der Waals surface area contributed by atoms with E-state index in [0.717, 1.165) is 28.5 Å². The molecule has 8 heteroatoms. The number of aromatic nitrogens is 2. The molecule has 1 heterocycles. The number of hydrogen-bond donors (Lipinski definition) is 2. The lowest BCUT2D eigenvalue weighted by Crippen LogP contribution is -2.23. The summed E-state index contributed by atoms with van der Waals surface area (Å²) in [6.07, 6.45) is 2.52. The van der Waals surface area contributed by atoms with Crippen molar-refractivity contribution >= 4 is 46.3 Å². The van der Waals surface area contributed by atoms with Crippen LogP contribution in [0.5, 0.6) is 0 Å². The number of anilines is 1. The normalized spacial score (nSPS) is 21.0. The fraction of sp³-hybridized carbons (Fsp3) is 0.357. The summed E-state index contributed by atoms with van der Waals surface area (Å²) < 4.78 is 0.832. The van der Waals surface area contributed by atoms with Crippen molar-refractivity contribution in [2.45, 2.75) is 34.5 Å². The van der Waals surface area contributed by atoms with Gasteiger partial charge in [0.15, 0.2) is 4.34 Å². The monoisotopic (exact) mass is 354 g/mol. The molecule has 0 bridgehead atoms. The van der Waals surface area contributed by atoms with Crippen LogP contribution in [0.1, 0.15) is 19.3 Å². The molecule has 5 nitrogen and oxygen atoms in total. The fourth-order valence-corrected chi connectivity index (χ4v) is 4.20. The number of amides is 1. The maximum absolute atomic E-state index is 12.2. The summed E-state index contributed by atoms with van der Waals surface area (Å²) in [6.45, 7) is 0. The topological polar surface area (TPSA) is 80.9 Å². The molecule has 1 aromatic carbocycles. The van der Waals surface area contributed by atoms with Crippen molar-refractivity contribution in [2.24, 2.45) is 11.7 Å². The van der Waals surface area contributed by atoms with Gasteiger partial charge in [0, 0.05) is 22.5 Å². The van der Waals surface area contributed by atoms with Gasteiger partial charge in [-0.15, -0.1) is 10.2 Å². The summed E-state index contributed by atoms with van der Waals surface area (Å²) in [7, 11) is 0. The maximum atomic E-state index is 12.2. The van der Waals surface area contributed by atoms with Crippen molar-refractivity contribution < 1.29 is 4.79 Å². The third-order valence-corrected chi connectivity index (χ3v) is 5.86. The SMILES string of the molecule is NC1CCC(C(=O)Nc2ccc(Sc3nncs3)c(Cl)c2)C1. The highest BCUT2D eigenvalue weighted by Crippen LogP contribution is 2.35. The molecule has 2 aromatic rings. The van der Waals surface area contributed by atoms with Crippen LogP contribution in [0.25, 0.3) is 0 Å². The smallest absolute Gasteiger partial charge is 0.227 e. The molecular formula is C14H15ClN4OS2.